The van der Waals surface area contributed by atoms with Gasteiger partial charge in [-0.15, -0.1) is 0 Å². The molecule has 3 aromatic rings. The average molecular weight is 293 g/mol. The predicted octanol–water partition coefficient (Wildman–Crippen LogP) is 3.37. The van der Waals surface area contributed by atoms with Gasteiger partial charge in [-0.1, -0.05) is 0 Å². The van der Waals surface area contributed by atoms with Crippen molar-refractivity contribution < 1.29 is 0 Å². The van der Waals surface area contributed by atoms with Gasteiger partial charge < -0.3 is 5.32 Å². The lowest BCUT2D eigenvalue weighted by atomic mass is 10.2. The molecule has 0 saturated heterocycles. The van der Waals surface area contributed by atoms with Crippen molar-refractivity contribution in [2.75, 3.05) is 5.32 Å². The molecule has 1 aromatic carbocycles. The minimum atomic E-state index is 0.830. The highest BCUT2D eigenvalue weighted by Gasteiger charge is 2.22. The fourth-order valence-corrected chi connectivity index (χ4v) is 2.86. The van der Waals surface area contributed by atoms with Gasteiger partial charge in [0.05, 0.1) is 11.2 Å². The van der Waals surface area contributed by atoms with Crippen molar-refractivity contribution in [1.82, 2.24) is 19.7 Å². The summed E-state index contributed by atoms with van der Waals surface area (Å²) in [7, 11) is 1.97. The Morgan fingerprint density at radius 3 is 2.91 bits per heavy atom. The fraction of sp³-hybridized carbons (Fsp3) is 0.353. The van der Waals surface area contributed by atoms with E-state index in [0.717, 1.165) is 40.7 Å². The van der Waals surface area contributed by atoms with Gasteiger partial charge >= 0.3 is 0 Å². The summed E-state index contributed by atoms with van der Waals surface area (Å²) in [6, 6.07) is 8.33. The van der Waals surface area contributed by atoms with Crippen LogP contribution in [0.5, 0.6) is 0 Å². The number of nitrogens with one attached hydrogen (secondary N) is 1. The van der Waals surface area contributed by atoms with Crippen LogP contribution in [-0.4, -0.2) is 19.7 Å². The molecule has 1 saturated carbocycles. The molecule has 112 valence electrons. The molecular weight excluding hydrogens is 274 g/mol. The predicted molar refractivity (Wildman–Crippen MR) is 87.2 cm³/mol. The summed E-state index contributed by atoms with van der Waals surface area (Å²) < 4.78 is 1.91. The zero-order valence-corrected chi connectivity index (χ0v) is 12.9. The summed E-state index contributed by atoms with van der Waals surface area (Å²) in [6.45, 7) is 2.03. The molecule has 0 amide bonds. The summed E-state index contributed by atoms with van der Waals surface area (Å²) in [5.41, 5.74) is 4.32. The molecule has 0 bridgehead atoms. The van der Waals surface area contributed by atoms with Crippen LogP contribution in [0, 0.1) is 12.8 Å². The van der Waals surface area contributed by atoms with Crippen molar-refractivity contribution in [3.05, 3.63) is 42.0 Å². The third-order valence-corrected chi connectivity index (χ3v) is 4.23. The van der Waals surface area contributed by atoms with Crippen LogP contribution < -0.4 is 5.32 Å². The standard InChI is InChI=1S/C17H19N5/c1-11-15-6-5-13(8-16(15)22(2)21-11)20-17-9-14(18-10-19-17)7-12-3-4-12/h5-6,8-10,12H,3-4,7H2,1-2H3,(H,18,19,20). The number of anilines is 2. The number of rotatable bonds is 4. The maximum absolute atomic E-state index is 4.46. The van der Waals surface area contributed by atoms with Gasteiger partial charge in [0, 0.05) is 29.9 Å². The molecule has 5 nitrogen and oxygen atoms in total. The Morgan fingerprint density at radius 1 is 1.23 bits per heavy atom. The largest absolute Gasteiger partial charge is 0.340 e. The topological polar surface area (TPSA) is 55.6 Å². The smallest absolute Gasteiger partial charge is 0.133 e. The molecule has 2 aromatic heterocycles. The molecule has 1 aliphatic rings. The van der Waals surface area contributed by atoms with Crippen LogP contribution in [-0.2, 0) is 13.5 Å². The van der Waals surface area contributed by atoms with Crippen molar-refractivity contribution in [3.63, 3.8) is 0 Å². The second-order valence-electron chi connectivity index (χ2n) is 6.11. The van der Waals surface area contributed by atoms with Crippen LogP contribution in [0.25, 0.3) is 10.9 Å². The van der Waals surface area contributed by atoms with Gasteiger partial charge in [-0.2, -0.15) is 5.10 Å². The minimum Gasteiger partial charge on any atom is -0.340 e. The van der Waals surface area contributed by atoms with Crippen LogP contribution >= 0.6 is 0 Å². The molecule has 1 fully saturated rings. The molecule has 1 aliphatic carbocycles. The first-order valence-electron chi connectivity index (χ1n) is 7.70. The van der Waals surface area contributed by atoms with Crippen LogP contribution in [0.3, 0.4) is 0 Å². The normalized spacial score (nSPS) is 14.5. The molecule has 0 unspecified atom stereocenters. The van der Waals surface area contributed by atoms with Crippen molar-refractivity contribution >= 4 is 22.4 Å². The van der Waals surface area contributed by atoms with Crippen LogP contribution in [0.2, 0.25) is 0 Å². The van der Waals surface area contributed by atoms with Crippen LogP contribution in [0.4, 0.5) is 11.5 Å². The first-order valence-corrected chi connectivity index (χ1v) is 7.70. The van der Waals surface area contributed by atoms with Gasteiger partial charge in [0.2, 0.25) is 0 Å². The summed E-state index contributed by atoms with van der Waals surface area (Å²) in [4.78, 5) is 8.69. The number of aromatic nitrogens is 4. The Bertz CT molecular complexity index is 832. The Morgan fingerprint density at radius 2 is 2.09 bits per heavy atom. The molecule has 0 atom stereocenters. The lowest BCUT2D eigenvalue weighted by Crippen LogP contribution is -1.98. The summed E-state index contributed by atoms with van der Waals surface area (Å²) in [6.07, 6.45) is 5.39. The molecule has 0 radical (unpaired) electrons. The minimum absolute atomic E-state index is 0.830. The zero-order valence-electron chi connectivity index (χ0n) is 12.9. The zero-order chi connectivity index (χ0) is 15.1. The van der Waals surface area contributed by atoms with E-state index in [2.05, 4.69) is 44.6 Å². The van der Waals surface area contributed by atoms with Crippen molar-refractivity contribution in [3.8, 4) is 0 Å². The Kier molecular flexibility index (Phi) is 3.06. The van der Waals surface area contributed by atoms with Gasteiger partial charge in [0.25, 0.3) is 0 Å². The van der Waals surface area contributed by atoms with Crippen molar-refractivity contribution in [2.24, 2.45) is 13.0 Å². The van der Waals surface area contributed by atoms with Gasteiger partial charge in [-0.25, -0.2) is 9.97 Å². The van der Waals surface area contributed by atoms with Crippen LogP contribution in [0.1, 0.15) is 24.2 Å². The highest BCUT2D eigenvalue weighted by molar-refractivity contribution is 5.85. The first-order chi connectivity index (χ1) is 10.7. The van der Waals surface area contributed by atoms with E-state index in [1.165, 1.54) is 18.2 Å². The second-order valence-corrected chi connectivity index (χ2v) is 6.11. The molecule has 2 heterocycles. The maximum atomic E-state index is 4.46. The Balaban J connectivity index is 1.61. The quantitative estimate of drug-likeness (QED) is 0.801. The van der Waals surface area contributed by atoms with E-state index in [-0.39, 0.29) is 0 Å². The Labute approximate surface area is 129 Å². The average Bonchev–Trinajstić information content (AvgIpc) is 3.26. The number of hydrogen-bond donors (Lipinski definition) is 1. The van der Waals surface area contributed by atoms with E-state index in [4.69, 9.17) is 0 Å². The number of aryl methyl sites for hydroxylation is 2. The molecule has 22 heavy (non-hydrogen) atoms. The van der Waals surface area contributed by atoms with Gasteiger partial charge in [-0.05, 0) is 50.3 Å². The third kappa shape index (κ3) is 2.54. The summed E-state index contributed by atoms with van der Waals surface area (Å²) in [5.74, 6) is 1.68. The highest BCUT2D eigenvalue weighted by Crippen LogP contribution is 2.32. The van der Waals surface area contributed by atoms with Gasteiger partial charge in [0.1, 0.15) is 12.1 Å². The van der Waals surface area contributed by atoms with Gasteiger partial charge in [-0.3, -0.25) is 4.68 Å². The van der Waals surface area contributed by atoms with E-state index in [0.29, 0.717) is 0 Å². The molecular formula is C17H19N5. The first kappa shape index (κ1) is 13.2. The summed E-state index contributed by atoms with van der Waals surface area (Å²) >= 11 is 0. The van der Waals surface area contributed by atoms with E-state index >= 15 is 0 Å². The number of hydrogen-bond acceptors (Lipinski definition) is 4. The molecule has 1 N–H and O–H groups in total. The number of nitrogens with zero attached hydrogens (tertiary/aromatic N) is 4. The van der Waals surface area contributed by atoms with Gasteiger partial charge in [0.15, 0.2) is 0 Å². The fourth-order valence-electron chi connectivity index (χ4n) is 2.86. The third-order valence-electron chi connectivity index (χ3n) is 4.23. The van der Waals surface area contributed by atoms with Crippen LogP contribution in [0.15, 0.2) is 30.6 Å². The molecule has 5 heteroatoms. The summed E-state index contributed by atoms with van der Waals surface area (Å²) in [5, 5.41) is 9.02. The van der Waals surface area contributed by atoms with E-state index in [9.17, 15) is 0 Å². The van der Waals surface area contributed by atoms with E-state index in [1.807, 2.05) is 18.7 Å². The lowest BCUT2D eigenvalue weighted by Gasteiger charge is -2.07. The SMILES string of the molecule is Cc1nn(C)c2cc(Nc3cc(CC4CC4)ncn3)ccc12. The second kappa shape index (κ2) is 5.09. The number of benzene rings is 1. The van der Waals surface area contributed by atoms with Crippen molar-refractivity contribution in [2.45, 2.75) is 26.2 Å². The molecule has 0 aliphatic heterocycles. The Hall–Kier alpha value is -2.43. The maximum Gasteiger partial charge on any atom is 0.133 e. The molecule has 4 rings (SSSR count). The lowest BCUT2D eigenvalue weighted by molar-refractivity contribution is 0.783. The van der Waals surface area contributed by atoms with E-state index < -0.39 is 0 Å². The molecule has 0 spiro atoms. The monoisotopic (exact) mass is 293 g/mol. The van der Waals surface area contributed by atoms with Crippen molar-refractivity contribution in [1.29, 1.82) is 0 Å². The van der Waals surface area contributed by atoms with E-state index in [1.54, 1.807) is 6.33 Å². The highest BCUT2D eigenvalue weighted by atomic mass is 15.3. The number of fused-ring (bicyclic) bond motifs is 1.